The van der Waals surface area contributed by atoms with Gasteiger partial charge in [-0.3, -0.25) is 9.88 Å². The van der Waals surface area contributed by atoms with E-state index in [4.69, 9.17) is 9.47 Å². The van der Waals surface area contributed by atoms with E-state index >= 15 is 0 Å². The van der Waals surface area contributed by atoms with E-state index in [0.29, 0.717) is 6.54 Å². The van der Waals surface area contributed by atoms with Gasteiger partial charge in [0.1, 0.15) is 24.6 Å². The minimum atomic E-state index is -1.03. The van der Waals surface area contributed by atoms with Crippen molar-refractivity contribution in [2.24, 2.45) is 0 Å². The van der Waals surface area contributed by atoms with Crippen molar-refractivity contribution in [2.75, 3.05) is 26.8 Å². The van der Waals surface area contributed by atoms with Gasteiger partial charge < -0.3 is 19.7 Å². The zero-order valence-electron chi connectivity index (χ0n) is 16.4. The number of aliphatic hydroxyl groups is 2. The highest BCUT2D eigenvalue weighted by molar-refractivity contribution is 5.33. The minimum Gasteiger partial charge on any atom is -0.491 e. The smallest absolute Gasteiger partial charge is 0.122 e. The fourth-order valence-electron chi connectivity index (χ4n) is 3.58. The fraction of sp³-hybridized carbons (Fsp3) is 0.500. The Morgan fingerprint density at radius 2 is 1.93 bits per heavy atom. The van der Waals surface area contributed by atoms with Gasteiger partial charge in [-0.2, -0.15) is 0 Å². The quantitative estimate of drug-likeness (QED) is 0.841. The molecule has 2 N–H and O–H groups in total. The van der Waals surface area contributed by atoms with Crippen LogP contribution < -0.4 is 4.74 Å². The van der Waals surface area contributed by atoms with E-state index in [1.54, 1.807) is 19.5 Å². The van der Waals surface area contributed by atoms with Gasteiger partial charge in [0.05, 0.1) is 6.10 Å². The molecule has 6 heteroatoms. The van der Waals surface area contributed by atoms with E-state index in [2.05, 4.69) is 16.0 Å². The fourth-order valence-corrected chi connectivity index (χ4v) is 3.58. The van der Waals surface area contributed by atoms with Crippen molar-refractivity contribution in [3.05, 3.63) is 59.9 Å². The van der Waals surface area contributed by atoms with Gasteiger partial charge >= 0.3 is 0 Å². The molecule has 0 aliphatic carbocycles. The molecule has 2 aromatic rings. The van der Waals surface area contributed by atoms with E-state index in [1.165, 1.54) is 0 Å². The van der Waals surface area contributed by atoms with E-state index in [-0.39, 0.29) is 6.61 Å². The molecule has 0 amide bonds. The topological polar surface area (TPSA) is 75.1 Å². The van der Waals surface area contributed by atoms with Crippen LogP contribution in [0.5, 0.6) is 5.75 Å². The Balaban J connectivity index is 1.76. The monoisotopic (exact) mass is 386 g/mol. The van der Waals surface area contributed by atoms with Crippen molar-refractivity contribution >= 4 is 0 Å². The molecule has 6 nitrogen and oxygen atoms in total. The molecule has 0 saturated carbocycles. The van der Waals surface area contributed by atoms with Crippen LogP contribution in [0.3, 0.4) is 0 Å². The van der Waals surface area contributed by atoms with Gasteiger partial charge in [0.15, 0.2) is 0 Å². The molecular weight excluding hydrogens is 356 g/mol. The van der Waals surface area contributed by atoms with Gasteiger partial charge in [-0.05, 0) is 55.1 Å². The standard InChI is InChI=1S/C22H30N2O4/c1-27-21-15-24(14-17-9-11-23-12-10-17)13-5-4-7-18-6-2-3-8-20(18)28-16-19(25)22(21)26/h2-3,6,8-12,19,21-22,25-26H,4-5,7,13-16H2,1H3/t19-,21+,22-/m1/s1. The third-order valence-electron chi connectivity index (χ3n) is 5.22. The first-order valence-electron chi connectivity index (χ1n) is 9.88. The number of aliphatic hydroxyl groups excluding tert-OH is 2. The molecular formula is C22H30N2O4. The first kappa shape index (κ1) is 20.7. The van der Waals surface area contributed by atoms with E-state index in [1.807, 2.05) is 30.3 Å². The molecule has 0 radical (unpaired) electrons. The summed E-state index contributed by atoms with van der Waals surface area (Å²) in [5, 5.41) is 21.1. The van der Waals surface area contributed by atoms with Crippen molar-refractivity contribution in [1.82, 2.24) is 9.88 Å². The summed E-state index contributed by atoms with van der Waals surface area (Å²) >= 11 is 0. The third kappa shape index (κ3) is 5.75. The van der Waals surface area contributed by atoms with Crippen LogP contribution in [0.1, 0.15) is 24.0 Å². The Hall–Kier alpha value is -1.99. The molecule has 152 valence electrons. The minimum absolute atomic E-state index is 0.0302. The zero-order chi connectivity index (χ0) is 19.8. The first-order valence-corrected chi connectivity index (χ1v) is 9.88. The van der Waals surface area contributed by atoms with Gasteiger partial charge in [-0.15, -0.1) is 0 Å². The van der Waals surface area contributed by atoms with Gasteiger partial charge in [0.25, 0.3) is 0 Å². The summed E-state index contributed by atoms with van der Waals surface area (Å²) in [6.07, 6.45) is 4.00. The number of ether oxygens (including phenoxy) is 2. The number of aromatic nitrogens is 1. The second-order valence-corrected chi connectivity index (χ2v) is 7.30. The van der Waals surface area contributed by atoms with E-state index in [9.17, 15) is 10.2 Å². The summed E-state index contributed by atoms with van der Waals surface area (Å²) < 4.78 is 11.3. The van der Waals surface area contributed by atoms with Crippen molar-refractivity contribution in [3.63, 3.8) is 0 Å². The molecule has 0 unspecified atom stereocenters. The number of hydrogen-bond donors (Lipinski definition) is 2. The zero-order valence-corrected chi connectivity index (χ0v) is 16.4. The molecule has 0 spiro atoms. The normalized spacial score (nSPS) is 24.9. The first-order chi connectivity index (χ1) is 13.7. The maximum Gasteiger partial charge on any atom is 0.122 e. The molecule has 1 aromatic carbocycles. The number of nitrogens with zero attached hydrogens (tertiary/aromatic N) is 2. The third-order valence-corrected chi connectivity index (χ3v) is 5.22. The summed E-state index contributed by atoms with van der Waals surface area (Å²) in [5.74, 6) is 0.774. The van der Waals surface area contributed by atoms with Crippen molar-refractivity contribution in [1.29, 1.82) is 0 Å². The van der Waals surface area contributed by atoms with Crippen LogP contribution in [0.15, 0.2) is 48.8 Å². The average Bonchev–Trinajstić information content (AvgIpc) is 2.74. The highest BCUT2D eigenvalue weighted by Gasteiger charge is 2.29. The lowest BCUT2D eigenvalue weighted by molar-refractivity contribution is -0.0955. The molecule has 1 aliphatic rings. The summed E-state index contributed by atoms with van der Waals surface area (Å²) in [6, 6.07) is 11.9. The number of fused-ring (bicyclic) bond motifs is 1. The highest BCUT2D eigenvalue weighted by atomic mass is 16.5. The lowest BCUT2D eigenvalue weighted by atomic mass is 10.1. The largest absolute Gasteiger partial charge is 0.491 e. The van der Waals surface area contributed by atoms with E-state index < -0.39 is 18.3 Å². The van der Waals surface area contributed by atoms with Gasteiger partial charge in [-0.1, -0.05) is 18.2 Å². The summed E-state index contributed by atoms with van der Waals surface area (Å²) in [5.41, 5.74) is 2.30. The molecule has 0 fully saturated rings. The van der Waals surface area contributed by atoms with Crippen molar-refractivity contribution in [3.8, 4) is 5.75 Å². The Bertz CT molecular complexity index is 713. The molecule has 3 atom stereocenters. The summed E-state index contributed by atoms with van der Waals surface area (Å²) in [4.78, 5) is 6.34. The van der Waals surface area contributed by atoms with Crippen LogP contribution in [0.25, 0.3) is 0 Å². The molecule has 28 heavy (non-hydrogen) atoms. The second-order valence-electron chi connectivity index (χ2n) is 7.30. The molecule has 2 heterocycles. The van der Waals surface area contributed by atoms with Gasteiger partial charge in [0.2, 0.25) is 0 Å². The van der Waals surface area contributed by atoms with Crippen LogP contribution >= 0.6 is 0 Å². The van der Waals surface area contributed by atoms with Gasteiger partial charge in [0, 0.05) is 32.6 Å². The Morgan fingerprint density at radius 3 is 2.71 bits per heavy atom. The second kappa shape index (κ2) is 10.5. The number of methoxy groups -OCH3 is 1. The molecule has 0 bridgehead atoms. The predicted octanol–water partition coefficient (Wildman–Crippen LogP) is 2.04. The molecule has 0 saturated heterocycles. The highest BCUT2D eigenvalue weighted by Crippen LogP contribution is 2.22. The number of hydrogen-bond acceptors (Lipinski definition) is 6. The molecule has 1 aliphatic heterocycles. The van der Waals surface area contributed by atoms with Crippen LogP contribution in [0.2, 0.25) is 0 Å². The summed E-state index contributed by atoms with van der Waals surface area (Å²) in [6.45, 7) is 2.19. The Morgan fingerprint density at radius 1 is 1.14 bits per heavy atom. The number of aryl methyl sites for hydroxylation is 1. The molecule has 1 aromatic heterocycles. The van der Waals surface area contributed by atoms with Crippen LogP contribution in [0.4, 0.5) is 0 Å². The summed E-state index contributed by atoms with van der Waals surface area (Å²) in [7, 11) is 1.57. The average molecular weight is 386 g/mol. The number of rotatable bonds is 3. The lowest BCUT2D eigenvalue weighted by Crippen LogP contribution is -2.47. The number of benzene rings is 1. The Kier molecular flexibility index (Phi) is 7.80. The number of para-hydroxylation sites is 1. The molecule has 3 rings (SSSR count). The number of pyridine rings is 1. The van der Waals surface area contributed by atoms with Gasteiger partial charge in [-0.25, -0.2) is 0 Å². The maximum atomic E-state index is 10.6. The van der Waals surface area contributed by atoms with Crippen LogP contribution in [-0.2, 0) is 17.7 Å². The SMILES string of the molecule is CO[C@H]1CN(Cc2ccncc2)CCCCc2ccccc2OC[C@@H](O)[C@H]1O. The predicted molar refractivity (Wildman–Crippen MR) is 107 cm³/mol. The van der Waals surface area contributed by atoms with Crippen molar-refractivity contribution < 1.29 is 19.7 Å². The Labute approximate surface area is 166 Å². The lowest BCUT2D eigenvalue weighted by Gasteiger charge is -2.31. The maximum absolute atomic E-state index is 10.6. The van der Waals surface area contributed by atoms with Crippen molar-refractivity contribution in [2.45, 2.75) is 44.1 Å². The van der Waals surface area contributed by atoms with Crippen LogP contribution in [0, 0.1) is 0 Å². The van der Waals surface area contributed by atoms with Crippen LogP contribution in [-0.4, -0.2) is 65.2 Å². The van der Waals surface area contributed by atoms with E-state index in [0.717, 1.165) is 49.2 Å².